The zero-order valence-electron chi connectivity index (χ0n) is 17.9. The Morgan fingerprint density at radius 2 is 2.13 bits per heavy atom. The van der Waals surface area contributed by atoms with Gasteiger partial charge in [0.05, 0.1) is 28.5 Å². The second-order valence-electron chi connectivity index (χ2n) is 8.23. The van der Waals surface area contributed by atoms with Crippen LogP contribution in [0.4, 0.5) is 11.8 Å². The van der Waals surface area contributed by atoms with Gasteiger partial charge in [0.2, 0.25) is 5.95 Å². The van der Waals surface area contributed by atoms with E-state index in [1.165, 1.54) is 12.0 Å². The maximum atomic E-state index is 9.56. The maximum absolute atomic E-state index is 9.56. The molecule has 7 nitrogen and oxygen atoms in total. The molecule has 1 aliphatic carbocycles. The Morgan fingerprint density at radius 3 is 2.83 bits per heavy atom. The third kappa shape index (κ3) is 3.61. The third-order valence-corrected chi connectivity index (χ3v) is 5.90. The van der Waals surface area contributed by atoms with Gasteiger partial charge in [0.15, 0.2) is 0 Å². The number of nitrogen functional groups attached to an aromatic ring is 1. The van der Waals surface area contributed by atoms with E-state index in [1.807, 2.05) is 26.2 Å². The molecule has 30 heavy (non-hydrogen) atoms. The van der Waals surface area contributed by atoms with Gasteiger partial charge in [0.25, 0.3) is 0 Å². The first-order valence-corrected chi connectivity index (χ1v) is 10.3. The van der Waals surface area contributed by atoms with Crippen LogP contribution in [-0.2, 0) is 7.05 Å². The second-order valence-corrected chi connectivity index (χ2v) is 8.23. The molecular weight excluding hydrogens is 374 g/mol. The number of nitrogens with one attached hydrogen (secondary N) is 1. The fraction of sp³-hybridized carbons (Fsp3) is 0.391. The highest BCUT2D eigenvalue weighted by molar-refractivity contribution is 5.82. The zero-order chi connectivity index (χ0) is 21.4. The normalized spacial score (nSPS) is 17.4. The molecule has 0 radical (unpaired) electrons. The van der Waals surface area contributed by atoms with Gasteiger partial charge in [-0.1, -0.05) is 13.0 Å². The van der Waals surface area contributed by atoms with Gasteiger partial charge in [-0.2, -0.15) is 10.2 Å². The van der Waals surface area contributed by atoms with Gasteiger partial charge in [-0.25, -0.2) is 9.97 Å². The lowest BCUT2D eigenvalue weighted by Gasteiger charge is -2.23. The number of fused-ring (bicyclic) bond motifs is 1. The van der Waals surface area contributed by atoms with Crippen molar-refractivity contribution in [3.63, 3.8) is 0 Å². The topological polar surface area (TPSA) is 105 Å². The van der Waals surface area contributed by atoms with E-state index in [-0.39, 0.29) is 12.0 Å². The molecule has 1 aliphatic rings. The number of anilines is 2. The summed E-state index contributed by atoms with van der Waals surface area (Å²) in [5.41, 5.74) is 12.3. The van der Waals surface area contributed by atoms with Crippen LogP contribution >= 0.6 is 0 Å². The molecular formula is C23H27N7. The van der Waals surface area contributed by atoms with E-state index >= 15 is 0 Å². The number of aryl methyl sites for hydroxylation is 2. The van der Waals surface area contributed by atoms with Gasteiger partial charge in [0.1, 0.15) is 17.5 Å². The van der Waals surface area contributed by atoms with E-state index in [0.29, 0.717) is 23.0 Å². The Balaban J connectivity index is 1.80. The fourth-order valence-electron chi connectivity index (χ4n) is 4.10. The summed E-state index contributed by atoms with van der Waals surface area (Å²) in [6.07, 6.45) is 7.69. The van der Waals surface area contributed by atoms with Gasteiger partial charge in [0, 0.05) is 18.8 Å². The van der Waals surface area contributed by atoms with Crippen molar-refractivity contribution in [1.29, 1.82) is 5.26 Å². The molecule has 154 valence electrons. The first-order valence-electron chi connectivity index (χ1n) is 10.3. The van der Waals surface area contributed by atoms with E-state index in [0.717, 1.165) is 35.1 Å². The quantitative estimate of drug-likeness (QED) is 0.667. The van der Waals surface area contributed by atoms with Gasteiger partial charge >= 0.3 is 0 Å². The Bertz CT molecular complexity index is 1180. The molecule has 0 saturated carbocycles. The van der Waals surface area contributed by atoms with Gasteiger partial charge in [-0.15, -0.1) is 0 Å². The van der Waals surface area contributed by atoms with E-state index in [4.69, 9.17) is 10.7 Å². The molecule has 0 saturated heterocycles. The molecule has 3 aromatic heterocycles. The molecule has 3 N–H and O–H groups in total. The summed E-state index contributed by atoms with van der Waals surface area (Å²) in [4.78, 5) is 13.4. The SMILES string of the molecule is Cc1nc(N)nc(N[C@@H](C)c2nc3ccn(C)c3cc2C2=CCC(C)CC2)c1C#N. The molecule has 0 spiro atoms. The minimum Gasteiger partial charge on any atom is -0.368 e. The van der Waals surface area contributed by atoms with Crippen molar-refractivity contribution >= 4 is 28.4 Å². The Kier molecular flexibility index (Phi) is 5.17. The number of allylic oxidation sites excluding steroid dienone is 2. The van der Waals surface area contributed by atoms with Crippen molar-refractivity contribution in [3.8, 4) is 6.07 Å². The maximum Gasteiger partial charge on any atom is 0.222 e. The van der Waals surface area contributed by atoms with Gasteiger partial charge in [-0.3, -0.25) is 0 Å². The molecule has 3 heterocycles. The van der Waals surface area contributed by atoms with Gasteiger partial charge < -0.3 is 15.6 Å². The zero-order valence-corrected chi connectivity index (χ0v) is 17.9. The van der Waals surface area contributed by atoms with Crippen LogP contribution in [0.3, 0.4) is 0 Å². The summed E-state index contributed by atoms with van der Waals surface area (Å²) in [5, 5.41) is 12.9. The van der Waals surface area contributed by atoms with E-state index in [9.17, 15) is 5.26 Å². The number of nitrogens with two attached hydrogens (primary N) is 1. The number of rotatable bonds is 4. The highest BCUT2D eigenvalue weighted by Gasteiger charge is 2.22. The molecule has 3 aromatic rings. The highest BCUT2D eigenvalue weighted by atomic mass is 15.1. The molecule has 0 bridgehead atoms. The molecule has 0 fully saturated rings. The summed E-state index contributed by atoms with van der Waals surface area (Å²) >= 11 is 0. The van der Waals surface area contributed by atoms with Crippen LogP contribution in [0.25, 0.3) is 16.6 Å². The molecule has 1 unspecified atom stereocenters. The molecule has 2 atom stereocenters. The number of aromatic nitrogens is 4. The lowest BCUT2D eigenvalue weighted by molar-refractivity contribution is 0.533. The van der Waals surface area contributed by atoms with Crippen LogP contribution in [-0.4, -0.2) is 19.5 Å². The van der Waals surface area contributed by atoms with Crippen molar-refractivity contribution < 1.29 is 0 Å². The summed E-state index contributed by atoms with van der Waals surface area (Å²) in [5.74, 6) is 1.31. The Morgan fingerprint density at radius 1 is 1.33 bits per heavy atom. The van der Waals surface area contributed by atoms with Crippen LogP contribution < -0.4 is 11.1 Å². The van der Waals surface area contributed by atoms with Crippen molar-refractivity contribution in [2.45, 2.75) is 46.1 Å². The number of pyridine rings is 1. The largest absolute Gasteiger partial charge is 0.368 e. The Hall–Kier alpha value is -3.40. The lowest BCUT2D eigenvalue weighted by Crippen LogP contribution is -2.16. The van der Waals surface area contributed by atoms with Crippen LogP contribution in [0.1, 0.15) is 61.7 Å². The lowest BCUT2D eigenvalue weighted by atomic mass is 9.86. The van der Waals surface area contributed by atoms with Crippen molar-refractivity contribution in [1.82, 2.24) is 19.5 Å². The average Bonchev–Trinajstić information content (AvgIpc) is 3.07. The Labute approximate surface area is 176 Å². The fourth-order valence-corrected chi connectivity index (χ4v) is 4.10. The summed E-state index contributed by atoms with van der Waals surface area (Å²) in [6.45, 7) is 6.10. The summed E-state index contributed by atoms with van der Waals surface area (Å²) in [7, 11) is 2.04. The molecule has 0 amide bonds. The number of hydrogen-bond acceptors (Lipinski definition) is 6. The molecule has 7 heteroatoms. The monoisotopic (exact) mass is 401 g/mol. The average molecular weight is 402 g/mol. The van der Waals surface area contributed by atoms with Gasteiger partial charge in [-0.05, 0) is 56.7 Å². The van der Waals surface area contributed by atoms with Crippen LogP contribution in [0.5, 0.6) is 0 Å². The second kappa shape index (κ2) is 7.79. The van der Waals surface area contributed by atoms with Crippen LogP contribution in [0.15, 0.2) is 24.4 Å². The molecule has 4 rings (SSSR count). The number of nitriles is 1. The van der Waals surface area contributed by atoms with Crippen LogP contribution in [0, 0.1) is 24.2 Å². The first-order chi connectivity index (χ1) is 14.4. The predicted octanol–water partition coefficient (Wildman–Crippen LogP) is 4.50. The first kappa shape index (κ1) is 19.9. The number of nitrogens with zero attached hydrogens (tertiary/aromatic N) is 5. The highest BCUT2D eigenvalue weighted by Crippen LogP contribution is 2.35. The van der Waals surface area contributed by atoms with Crippen molar-refractivity contribution in [2.75, 3.05) is 11.1 Å². The van der Waals surface area contributed by atoms with E-state index in [2.05, 4.69) is 45.0 Å². The molecule has 0 aromatic carbocycles. The standard InChI is InChI=1S/C23H27N7/c1-13-5-7-16(8-6-13)17-11-20-19(9-10-30(20)4)28-21(17)15(3)26-22-18(12-24)14(2)27-23(25)29-22/h7,9-11,13,15H,5-6,8H2,1-4H3,(H3,25,26,27,29)/t13?,15-/m0/s1. The minimum atomic E-state index is -0.161. The van der Waals surface area contributed by atoms with E-state index in [1.54, 1.807) is 6.92 Å². The third-order valence-electron chi connectivity index (χ3n) is 5.90. The van der Waals surface area contributed by atoms with Crippen LogP contribution in [0.2, 0.25) is 0 Å². The predicted molar refractivity (Wildman–Crippen MR) is 120 cm³/mol. The summed E-state index contributed by atoms with van der Waals surface area (Å²) < 4.78 is 2.10. The van der Waals surface area contributed by atoms with E-state index < -0.39 is 0 Å². The van der Waals surface area contributed by atoms with Crippen molar-refractivity contribution in [2.24, 2.45) is 13.0 Å². The number of hydrogen-bond donors (Lipinski definition) is 2. The van der Waals surface area contributed by atoms with Crippen molar-refractivity contribution in [3.05, 3.63) is 46.9 Å². The summed E-state index contributed by atoms with van der Waals surface area (Å²) in [6, 6.07) is 6.29. The minimum absolute atomic E-state index is 0.150. The molecule has 0 aliphatic heterocycles. The smallest absolute Gasteiger partial charge is 0.222 e.